The molecule has 0 fully saturated rings. The minimum absolute atomic E-state index is 0.0706. The molecule has 0 radical (unpaired) electrons. The SMILES string of the molecule is N=C1C=C(Br)C(=O)c2c(N)ccc(O)c21. The molecule has 5 heteroatoms. The Hall–Kier alpha value is -1.62. The number of aromatic hydroxyl groups is 1. The summed E-state index contributed by atoms with van der Waals surface area (Å²) >= 11 is 3.06. The third kappa shape index (κ3) is 1.35. The first-order chi connectivity index (χ1) is 7.02. The Bertz CT molecular complexity index is 520. The fraction of sp³-hybridized carbons (Fsp3) is 0. The number of carbonyl (C=O) groups is 1. The molecule has 15 heavy (non-hydrogen) atoms. The van der Waals surface area contributed by atoms with Gasteiger partial charge in [-0.05, 0) is 34.1 Å². The molecule has 0 atom stereocenters. The summed E-state index contributed by atoms with van der Waals surface area (Å²) in [4.78, 5) is 11.7. The molecule has 1 aromatic rings. The van der Waals surface area contributed by atoms with Crippen LogP contribution in [-0.4, -0.2) is 16.6 Å². The third-order valence-electron chi connectivity index (χ3n) is 2.20. The lowest BCUT2D eigenvalue weighted by atomic mass is 9.92. The maximum Gasteiger partial charge on any atom is 0.202 e. The van der Waals surface area contributed by atoms with Crippen molar-refractivity contribution in [2.75, 3.05) is 5.73 Å². The van der Waals surface area contributed by atoms with E-state index in [9.17, 15) is 9.90 Å². The van der Waals surface area contributed by atoms with Gasteiger partial charge in [-0.1, -0.05) is 0 Å². The second-order valence-electron chi connectivity index (χ2n) is 3.16. The number of ketones is 1. The predicted molar refractivity (Wildman–Crippen MR) is 60.7 cm³/mol. The van der Waals surface area contributed by atoms with Crippen molar-refractivity contribution in [1.29, 1.82) is 5.41 Å². The topological polar surface area (TPSA) is 87.2 Å². The number of benzene rings is 1. The van der Waals surface area contributed by atoms with Crippen molar-refractivity contribution >= 4 is 33.1 Å². The fourth-order valence-corrected chi connectivity index (χ4v) is 1.94. The number of hydrogen-bond donors (Lipinski definition) is 3. The molecule has 0 aromatic heterocycles. The smallest absolute Gasteiger partial charge is 0.202 e. The summed E-state index contributed by atoms with van der Waals surface area (Å²) in [5.41, 5.74) is 6.37. The first-order valence-electron chi connectivity index (χ1n) is 4.14. The number of nitrogen functional groups attached to an aromatic ring is 1. The van der Waals surface area contributed by atoms with Crippen LogP contribution >= 0.6 is 15.9 Å². The Balaban J connectivity index is 2.82. The van der Waals surface area contributed by atoms with E-state index in [4.69, 9.17) is 11.1 Å². The van der Waals surface area contributed by atoms with Gasteiger partial charge in [-0.3, -0.25) is 4.79 Å². The zero-order valence-electron chi connectivity index (χ0n) is 7.54. The molecule has 0 heterocycles. The normalized spacial score (nSPS) is 14.9. The van der Waals surface area contributed by atoms with E-state index in [-0.39, 0.29) is 38.5 Å². The van der Waals surface area contributed by atoms with E-state index < -0.39 is 0 Å². The number of phenols is 1. The molecule has 0 saturated carbocycles. The van der Waals surface area contributed by atoms with E-state index in [0.29, 0.717) is 0 Å². The number of halogens is 1. The Labute approximate surface area is 94.0 Å². The van der Waals surface area contributed by atoms with Gasteiger partial charge in [0.25, 0.3) is 0 Å². The van der Waals surface area contributed by atoms with E-state index in [1.807, 2.05) is 0 Å². The lowest BCUT2D eigenvalue weighted by molar-refractivity contribution is 0.104. The van der Waals surface area contributed by atoms with Gasteiger partial charge >= 0.3 is 0 Å². The van der Waals surface area contributed by atoms with Crippen LogP contribution in [0, 0.1) is 5.41 Å². The first kappa shape index (κ1) is 9.92. The Kier molecular flexibility index (Phi) is 2.12. The molecule has 1 aliphatic carbocycles. The van der Waals surface area contributed by atoms with Crippen molar-refractivity contribution in [2.24, 2.45) is 0 Å². The van der Waals surface area contributed by atoms with Crippen molar-refractivity contribution in [2.45, 2.75) is 0 Å². The van der Waals surface area contributed by atoms with Crippen LogP contribution in [0.2, 0.25) is 0 Å². The van der Waals surface area contributed by atoms with E-state index >= 15 is 0 Å². The number of carbonyl (C=O) groups excluding carboxylic acids is 1. The minimum Gasteiger partial charge on any atom is -0.507 e. The minimum atomic E-state index is -0.311. The second-order valence-corrected chi connectivity index (χ2v) is 4.01. The second kappa shape index (κ2) is 3.20. The molecule has 0 amide bonds. The number of hydrogen-bond acceptors (Lipinski definition) is 4. The average Bonchev–Trinajstić information content (AvgIpc) is 2.18. The predicted octanol–water partition coefficient (Wildman–Crippen LogP) is 1.82. The van der Waals surface area contributed by atoms with Gasteiger partial charge in [0.15, 0.2) is 0 Å². The highest BCUT2D eigenvalue weighted by atomic mass is 79.9. The molecule has 2 rings (SSSR count). The standard InChI is InChI=1S/C10H7BrN2O2/c11-4-3-6(13)8-7(14)2-1-5(12)9(8)10(4)15/h1-3,13-14H,12H2. The van der Waals surface area contributed by atoms with E-state index in [2.05, 4.69) is 15.9 Å². The highest BCUT2D eigenvalue weighted by molar-refractivity contribution is 9.12. The van der Waals surface area contributed by atoms with Gasteiger partial charge in [-0.2, -0.15) is 0 Å². The number of nitrogens with one attached hydrogen (secondary N) is 1. The number of Topliss-reactive ketones (excluding diaryl/α,β-unsaturated/α-hetero) is 1. The zero-order valence-corrected chi connectivity index (χ0v) is 9.13. The van der Waals surface area contributed by atoms with E-state index in [1.165, 1.54) is 18.2 Å². The van der Waals surface area contributed by atoms with Crippen LogP contribution < -0.4 is 5.73 Å². The number of nitrogens with two attached hydrogens (primary N) is 1. The first-order valence-corrected chi connectivity index (χ1v) is 4.94. The van der Waals surface area contributed by atoms with Crippen molar-refractivity contribution in [3.63, 3.8) is 0 Å². The van der Waals surface area contributed by atoms with Gasteiger partial charge in [0.1, 0.15) is 5.75 Å². The molecule has 1 aliphatic rings. The van der Waals surface area contributed by atoms with Crippen LogP contribution in [0.15, 0.2) is 22.7 Å². The molecule has 0 aliphatic heterocycles. The summed E-state index contributed by atoms with van der Waals surface area (Å²) in [5, 5.41) is 17.2. The number of allylic oxidation sites excluding steroid dienone is 2. The molecular weight excluding hydrogens is 260 g/mol. The summed E-state index contributed by atoms with van der Waals surface area (Å²) in [5.74, 6) is -0.414. The molecule has 76 valence electrons. The van der Waals surface area contributed by atoms with Gasteiger partial charge in [0.05, 0.1) is 21.3 Å². The number of phenolic OH excluding ortho intramolecular Hbond substituents is 1. The van der Waals surface area contributed by atoms with Crippen molar-refractivity contribution < 1.29 is 9.90 Å². The highest BCUT2D eigenvalue weighted by Crippen LogP contribution is 2.33. The van der Waals surface area contributed by atoms with Crippen LogP contribution in [0.25, 0.3) is 0 Å². The summed E-state index contributed by atoms with van der Waals surface area (Å²) < 4.78 is 0.275. The van der Waals surface area contributed by atoms with Gasteiger partial charge < -0.3 is 16.2 Å². The monoisotopic (exact) mass is 266 g/mol. The number of anilines is 1. The Morgan fingerprint density at radius 1 is 1.33 bits per heavy atom. The summed E-state index contributed by atoms with van der Waals surface area (Å²) in [7, 11) is 0. The van der Waals surface area contributed by atoms with Crippen LogP contribution in [0.3, 0.4) is 0 Å². The van der Waals surface area contributed by atoms with Gasteiger partial charge in [-0.25, -0.2) is 0 Å². The average molecular weight is 267 g/mol. The molecule has 0 bridgehead atoms. The summed E-state index contributed by atoms with van der Waals surface area (Å²) in [6, 6.07) is 2.83. The molecule has 1 aromatic carbocycles. The third-order valence-corrected chi connectivity index (χ3v) is 2.79. The highest BCUT2D eigenvalue weighted by Gasteiger charge is 2.26. The molecule has 4 nitrogen and oxygen atoms in total. The molecular formula is C10H7BrN2O2. The maximum absolute atomic E-state index is 11.7. The quantitative estimate of drug-likeness (QED) is 0.495. The number of rotatable bonds is 0. The van der Waals surface area contributed by atoms with Crippen molar-refractivity contribution in [3.8, 4) is 5.75 Å². The Morgan fingerprint density at radius 2 is 2.00 bits per heavy atom. The number of fused-ring (bicyclic) bond motifs is 1. The Morgan fingerprint density at radius 3 is 2.67 bits per heavy atom. The lowest BCUT2D eigenvalue weighted by Crippen LogP contribution is -2.16. The largest absolute Gasteiger partial charge is 0.507 e. The van der Waals surface area contributed by atoms with Crippen molar-refractivity contribution in [1.82, 2.24) is 0 Å². The van der Waals surface area contributed by atoms with Gasteiger partial charge in [-0.15, -0.1) is 0 Å². The zero-order chi connectivity index (χ0) is 11.2. The van der Waals surface area contributed by atoms with Crippen LogP contribution in [-0.2, 0) is 0 Å². The van der Waals surface area contributed by atoms with Crippen LogP contribution in [0.5, 0.6) is 5.75 Å². The molecule has 4 N–H and O–H groups in total. The van der Waals surface area contributed by atoms with E-state index in [1.54, 1.807) is 0 Å². The fourth-order valence-electron chi connectivity index (χ4n) is 1.51. The van der Waals surface area contributed by atoms with Crippen LogP contribution in [0.4, 0.5) is 5.69 Å². The summed E-state index contributed by atoms with van der Waals surface area (Å²) in [6.45, 7) is 0. The molecule has 0 spiro atoms. The van der Waals surface area contributed by atoms with Crippen LogP contribution in [0.1, 0.15) is 15.9 Å². The maximum atomic E-state index is 11.7. The lowest BCUT2D eigenvalue weighted by Gasteiger charge is -2.16. The van der Waals surface area contributed by atoms with Crippen molar-refractivity contribution in [3.05, 3.63) is 33.8 Å². The van der Waals surface area contributed by atoms with Gasteiger partial charge in [0, 0.05) is 5.69 Å². The van der Waals surface area contributed by atoms with E-state index in [0.717, 1.165) is 0 Å². The summed E-state index contributed by atoms with van der Waals surface area (Å²) in [6.07, 6.45) is 1.35. The molecule has 0 saturated heterocycles. The molecule has 0 unspecified atom stereocenters. The van der Waals surface area contributed by atoms with Gasteiger partial charge in [0.2, 0.25) is 5.78 Å².